The molecule has 3 aliphatic heterocycles. The minimum atomic E-state index is -1.87. The first-order valence-electron chi connectivity index (χ1n) is 15.2. The Morgan fingerprint density at radius 2 is 1.46 bits per heavy atom. The maximum atomic E-state index is 13.1. The van der Waals surface area contributed by atoms with Crippen LogP contribution in [0.4, 0.5) is 0 Å². The van der Waals surface area contributed by atoms with Crippen LogP contribution in [0.2, 0.25) is 0 Å². The van der Waals surface area contributed by atoms with Crippen LogP contribution in [0.1, 0.15) is 18.9 Å². The van der Waals surface area contributed by atoms with E-state index in [1.54, 1.807) is 31.2 Å². The molecule has 1 aromatic carbocycles. The van der Waals surface area contributed by atoms with Gasteiger partial charge in [0.25, 0.3) is 0 Å². The summed E-state index contributed by atoms with van der Waals surface area (Å²) in [7, 11) is 1.15. The molecule has 0 bridgehead atoms. The molecule has 12 unspecified atom stereocenters. The first kappa shape index (κ1) is 37.8. The van der Waals surface area contributed by atoms with E-state index in [0.29, 0.717) is 6.42 Å². The third-order valence-corrected chi connectivity index (χ3v) is 8.27. The minimum Gasteiger partial charge on any atom is -0.468 e. The van der Waals surface area contributed by atoms with Crippen LogP contribution in [0.25, 0.3) is 0 Å². The summed E-state index contributed by atoms with van der Waals surface area (Å²) in [6.07, 6.45) is -15.7. The topological polar surface area (TPSA) is 261 Å². The van der Waals surface area contributed by atoms with Crippen LogP contribution in [-0.2, 0) is 44.4 Å². The Balaban J connectivity index is 1.52. The minimum absolute atomic E-state index is 0.0433. The maximum absolute atomic E-state index is 13.1. The van der Waals surface area contributed by atoms with E-state index in [-0.39, 0.29) is 29.9 Å². The summed E-state index contributed by atoms with van der Waals surface area (Å²) in [4.78, 5) is 25.7. The highest BCUT2D eigenvalue weighted by molar-refractivity contribution is 5.91. The molecule has 0 aliphatic carbocycles. The van der Waals surface area contributed by atoms with Crippen LogP contribution in [-0.4, -0.2) is 147 Å². The SMILES string of the molecule is CC=C1C(OC2OC(CO)C(O)C(OC3OC(CO)C(O)C(O)C3O)C2O)OC=C(C(=O)OC)C1CC(=O)Oc1ccc(CCO)cc1. The highest BCUT2D eigenvalue weighted by Crippen LogP contribution is 2.37. The molecule has 0 amide bonds. The van der Waals surface area contributed by atoms with Gasteiger partial charge in [-0.3, -0.25) is 4.79 Å². The highest BCUT2D eigenvalue weighted by atomic mass is 16.8. The molecule has 1 aromatic rings. The number of ether oxygens (including phenoxy) is 7. The second-order valence-corrected chi connectivity index (χ2v) is 11.3. The van der Waals surface area contributed by atoms with Gasteiger partial charge in [0, 0.05) is 18.1 Å². The zero-order valence-corrected chi connectivity index (χ0v) is 26.2. The van der Waals surface area contributed by atoms with Gasteiger partial charge in [-0.2, -0.15) is 0 Å². The van der Waals surface area contributed by atoms with Crippen LogP contribution in [0.3, 0.4) is 0 Å². The van der Waals surface area contributed by atoms with Gasteiger partial charge in [-0.25, -0.2) is 4.79 Å². The van der Waals surface area contributed by atoms with Gasteiger partial charge in [-0.15, -0.1) is 0 Å². The van der Waals surface area contributed by atoms with Crippen molar-refractivity contribution in [1.82, 2.24) is 0 Å². The summed E-state index contributed by atoms with van der Waals surface area (Å²) in [6.45, 7) is -0.00734. The van der Waals surface area contributed by atoms with E-state index in [9.17, 15) is 45.3 Å². The Morgan fingerprint density at radius 3 is 2.04 bits per heavy atom. The van der Waals surface area contributed by atoms with Gasteiger partial charge >= 0.3 is 11.9 Å². The Hall–Kier alpha value is -3.04. The van der Waals surface area contributed by atoms with Crippen LogP contribution < -0.4 is 4.74 Å². The molecule has 3 aliphatic rings. The Labute approximate surface area is 275 Å². The number of aliphatic hydroxyl groups excluding tert-OH is 8. The van der Waals surface area contributed by atoms with Crippen molar-refractivity contribution in [3.05, 3.63) is 53.3 Å². The number of hydrogen-bond acceptors (Lipinski definition) is 17. The van der Waals surface area contributed by atoms with Gasteiger partial charge in [-0.1, -0.05) is 18.2 Å². The van der Waals surface area contributed by atoms with Crippen molar-refractivity contribution >= 4 is 11.9 Å². The van der Waals surface area contributed by atoms with Gasteiger partial charge in [0.2, 0.25) is 6.29 Å². The van der Waals surface area contributed by atoms with Crippen LogP contribution in [0.5, 0.6) is 5.75 Å². The predicted octanol–water partition coefficient (Wildman–Crippen LogP) is -2.87. The molecular formula is C31H42O17. The van der Waals surface area contributed by atoms with E-state index < -0.39 is 98.8 Å². The lowest BCUT2D eigenvalue weighted by Crippen LogP contribution is -2.65. The Morgan fingerprint density at radius 1 is 0.833 bits per heavy atom. The van der Waals surface area contributed by atoms with Gasteiger partial charge < -0.3 is 74.0 Å². The van der Waals surface area contributed by atoms with Crippen LogP contribution in [0.15, 0.2) is 47.7 Å². The van der Waals surface area contributed by atoms with Gasteiger partial charge in [-0.05, 0) is 31.0 Å². The van der Waals surface area contributed by atoms with E-state index >= 15 is 0 Å². The average molecular weight is 687 g/mol. The van der Waals surface area contributed by atoms with E-state index in [2.05, 4.69) is 0 Å². The quantitative estimate of drug-likeness (QED) is 0.0624. The molecule has 0 aromatic heterocycles. The molecule has 4 rings (SSSR count). The summed E-state index contributed by atoms with van der Waals surface area (Å²) in [6, 6.07) is 6.50. The van der Waals surface area contributed by atoms with E-state index in [1.807, 2.05) is 0 Å². The predicted molar refractivity (Wildman–Crippen MR) is 157 cm³/mol. The van der Waals surface area contributed by atoms with Crippen molar-refractivity contribution in [3.63, 3.8) is 0 Å². The summed E-state index contributed by atoms with van der Waals surface area (Å²) in [5.41, 5.74) is 1.01. The zero-order chi connectivity index (χ0) is 35.1. The maximum Gasteiger partial charge on any atom is 0.337 e. The molecule has 3 heterocycles. The molecule has 0 saturated carbocycles. The second kappa shape index (κ2) is 17.1. The van der Waals surface area contributed by atoms with Crippen LogP contribution in [0, 0.1) is 5.92 Å². The molecule has 48 heavy (non-hydrogen) atoms. The van der Waals surface area contributed by atoms with E-state index in [1.165, 1.54) is 6.08 Å². The summed E-state index contributed by atoms with van der Waals surface area (Å²) in [5, 5.41) is 81.2. The molecule has 8 N–H and O–H groups in total. The third-order valence-electron chi connectivity index (χ3n) is 8.27. The smallest absolute Gasteiger partial charge is 0.337 e. The van der Waals surface area contributed by atoms with Crippen LogP contribution >= 0.6 is 0 Å². The molecule has 0 radical (unpaired) electrons. The molecule has 2 saturated heterocycles. The normalized spacial score (nSPS) is 36.2. The van der Waals surface area contributed by atoms with E-state index in [4.69, 9.17) is 38.3 Å². The molecular weight excluding hydrogens is 644 g/mol. The molecule has 17 heteroatoms. The molecule has 17 nitrogen and oxygen atoms in total. The summed E-state index contributed by atoms with van der Waals surface area (Å²) < 4.78 is 38.4. The molecule has 0 spiro atoms. The molecule has 268 valence electrons. The summed E-state index contributed by atoms with van der Waals surface area (Å²) in [5.74, 6) is -2.30. The van der Waals surface area contributed by atoms with Gasteiger partial charge in [0.05, 0.1) is 38.6 Å². The molecule has 2 fully saturated rings. The lowest BCUT2D eigenvalue weighted by molar-refractivity contribution is -0.369. The van der Waals surface area contributed by atoms with Crippen molar-refractivity contribution < 1.29 is 83.6 Å². The number of rotatable bonds is 12. The fourth-order valence-electron chi connectivity index (χ4n) is 5.60. The van der Waals surface area contributed by atoms with Crippen molar-refractivity contribution in [3.8, 4) is 5.75 Å². The third kappa shape index (κ3) is 8.39. The summed E-state index contributed by atoms with van der Waals surface area (Å²) >= 11 is 0. The highest BCUT2D eigenvalue weighted by Gasteiger charge is 2.52. The Kier molecular flexibility index (Phi) is 13.4. The Bertz CT molecular complexity index is 1280. The number of esters is 2. The number of aliphatic hydroxyl groups is 8. The number of hydrogen-bond donors (Lipinski definition) is 8. The standard InChI is InChI=1S/C31H42O17/c1-3-16-17(10-21(35)44-15-6-4-14(5-7-15)8-9-32)18(28(41)42-2)13-43-29(16)48-31-26(40)27(23(37)20(12-34)46-31)47-30-25(39)24(38)22(36)19(11-33)45-30/h3-7,13,17,19-20,22-27,29-34,36-40H,8-12H2,1-2H3. The average Bonchev–Trinajstić information content (AvgIpc) is 3.08. The number of methoxy groups -OCH3 is 1. The fourth-order valence-corrected chi connectivity index (χ4v) is 5.60. The van der Waals surface area contributed by atoms with Crippen molar-refractivity contribution in [2.75, 3.05) is 26.9 Å². The number of carbonyl (C=O) groups excluding carboxylic acids is 2. The largest absolute Gasteiger partial charge is 0.468 e. The van der Waals surface area contributed by atoms with Crippen molar-refractivity contribution in [2.24, 2.45) is 5.92 Å². The number of carbonyl (C=O) groups is 2. The monoisotopic (exact) mass is 686 g/mol. The first-order chi connectivity index (χ1) is 23.0. The lowest BCUT2D eigenvalue weighted by Gasteiger charge is -2.46. The van der Waals surface area contributed by atoms with Gasteiger partial charge in [0.15, 0.2) is 12.6 Å². The van der Waals surface area contributed by atoms with Gasteiger partial charge in [0.1, 0.15) is 54.6 Å². The molecule has 12 atom stereocenters. The number of allylic oxidation sites excluding steroid dienone is 1. The zero-order valence-electron chi connectivity index (χ0n) is 26.2. The van der Waals surface area contributed by atoms with Crippen molar-refractivity contribution in [2.45, 2.75) is 87.5 Å². The van der Waals surface area contributed by atoms with Crippen molar-refractivity contribution in [1.29, 1.82) is 0 Å². The van der Waals surface area contributed by atoms with E-state index in [0.717, 1.165) is 18.9 Å². The number of benzene rings is 1. The first-order valence-corrected chi connectivity index (χ1v) is 15.2. The fraction of sp³-hybridized carbons (Fsp3) is 0.613. The lowest BCUT2D eigenvalue weighted by atomic mass is 9.86. The second-order valence-electron chi connectivity index (χ2n) is 11.3.